The Balaban J connectivity index is 2.32. The van der Waals surface area contributed by atoms with Crippen molar-refractivity contribution in [2.75, 3.05) is 6.54 Å². The van der Waals surface area contributed by atoms with Crippen LogP contribution in [0.4, 0.5) is 0 Å². The third-order valence-electron chi connectivity index (χ3n) is 3.48. The minimum atomic E-state index is 0.166. The van der Waals surface area contributed by atoms with Gasteiger partial charge in [-0.15, -0.1) is 0 Å². The van der Waals surface area contributed by atoms with E-state index in [-0.39, 0.29) is 5.41 Å². The first-order valence-electron chi connectivity index (χ1n) is 5.55. The van der Waals surface area contributed by atoms with Crippen LogP contribution in [0.3, 0.4) is 0 Å². The molecule has 1 saturated carbocycles. The molecule has 0 aliphatic heterocycles. The number of rotatable bonds is 2. The largest absolute Gasteiger partial charge is 0.330 e. The van der Waals surface area contributed by atoms with E-state index in [0.29, 0.717) is 0 Å². The Morgan fingerprint density at radius 3 is 2.60 bits per heavy atom. The maximum Gasteiger partial charge on any atom is 0.0408 e. The summed E-state index contributed by atoms with van der Waals surface area (Å²) < 4.78 is 0. The Bertz CT molecular complexity index is 329. The van der Waals surface area contributed by atoms with Crippen LogP contribution in [0, 0.1) is 6.42 Å². The van der Waals surface area contributed by atoms with Crippen LogP contribution in [0.1, 0.15) is 31.2 Å². The van der Waals surface area contributed by atoms with Crippen molar-refractivity contribution in [3.63, 3.8) is 0 Å². The molecular weight excluding hydrogens is 206 g/mol. The van der Waals surface area contributed by atoms with E-state index in [2.05, 4.69) is 18.6 Å². The summed E-state index contributed by atoms with van der Waals surface area (Å²) in [5.41, 5.74) is 7.44. The predicted octanol–water partition coefficient (Wildman–Crippen LogP) is 3.31. The lowest BCUT2D eigenvalue weighted by Crippen LogP contribution is -2.37. The zero-order valence-corrected chi connectivity index (χ0v) is 9.63. The van der Waals surface area contributed by atoms with Crippen LogP contribution in [0.5, 0.6) is 0 Å². The Kier molecular flexibility index (Phi) is 3.32. The number of hydrogen-bond donors (Lipinski definition) is 1. The molecule has 81 valence electrons. The second-order valence-electron chi connectivity index (χ2n) is 4.36. The molecule has 0 spiro atoms. The molecule has 0 aromatic heterocycles. The highest BCUT2D eigenvalue weighted by molar-refractivity contribution is 6.30. The molecule has 2 heteroatoms. The van der Waals surface area contributed by atoms with Gasteiger partial charge in [0.2, 0.25) is 0 Å². The highest BCUT2D eigenvalue weighted by Gasteiger charge is 2.32. The van der Waals surface area contributed by atoms with E-state index in [9.17, 15) is 0 Å². The summed E-state index contributed by atoms with van der Waals surface area (Å²) in [5, 5.41) is 0.815. The summed E-state index contributed by atoms with van der Waals surface area (Å²) in [6, 6.07) is 8.17. The molecule has 0 atom stereocenters. The summed E-state index contributed by atoms with van der Waals surface area (Å²) in [7, 11) is 0. The van der Waals surface area contributed by atoms with Crippen LogP contribution in [0.25, 0.3) is 0 Å². The minimum Gasteiger partial charge on any atom is -0.330 e. The van der Waals surface area contributed by atoms with Gasteiger partial charge in [0, 0.05) is 17.0 Å². The SMILES string of the molecule is NCC1(c2cccc(Cl)c2)CC[CH]CC1. The number of hydrogen-bond acceptors (Lipinski definition) is 1. The van der Waals surface area contributed by atoms with Crippen LogP contribution in [-0.4, -0.2) is 6.54 Å². The van der Waals surface area contributed by atoms with Crippen LogP contribution in [-0.2, 0) is 5.41 Å². The molecule has 0 saturated heterocycles. The lowest BCUT2D eigenvalue weighted by molar-refractivity contribution is 0.337. The minimum absolute atomic E-state index is 0.166. The topological polar surface area (TPSA) is 26.0 Å². The number of benzene rings is 1. The highest BCUT2D eigenvalue weighted by atomic mass is 35.5. The maximum atomic E-state index is 6.03. The summed E-state index contributed by atoms with van der Waals surface area (Å²) >= 11 is 6.03. The van der Waals surface area contributed by atoms with Gasteiger partial charge < -0.3 is 5.73 Å². The molecule has 2 N–H and O–H groups in total. The quantitative estimate of drug-likeness (QED) is 0.817. The number of halogens is 1. The summed E-state index contributed by atoms with van der Waals surface area (Å²) in [6.45, 7) is 0.723. The first-order chi connectivity index (χ1) is 7.27. The van der Waals surface area contributed by atoms with Gasteiger partial charge in [-0.25, -0.2) is 0 Å². The van der Waals surface area contributed by atoms with Gasteiger partial charge in [-0.3, -0.25) is 0 Å². The van der Waals surface area contributed by atoms with Gasteiger partial charge in [0.15, 0.2) is 0 Å². The molecule has 2 rings (SSSR count). The lowest BCUT2D eigenvalue weighted by Gasteiger charge is -2.36. The zero-order valence-electron chi connectivity index (χ0n) is 8.88. The summed E-state index contributed by atoms with van der Waals surface area (Å²) in [4.78, 5) is 0. The predicted molar refractivity (Wildman–Crippen MR) is 65.0 cm³/mol. The zero-order chi connectivity index (χ0) is 10.7. The molecule has 0 unspecified atom stereocenters. The molecule has 0 heterocycles. The van der Waals surface area contributed by atoms with Crippen molar-refractivity contribution in [3.8, 4) is 0 Å². The molecule has 0 amide bonds. The van der Waals surface area contributed by atoms with E-state index in [1.807, 2.05) is 12.1 Å². The van der Waals surface area contributed by atoms with Crippen molar-refractivity contribution >= 4 is 11.6 Å². The second-order valence-corrected chi connectivity index (χ2v) is 4.80. The van der Waals surface area contributed by atoms with Gasteiger partial charge in [0.1, 0.15) is 0 Å². The van der Waals surface area contributed by atoms with Crippen molar-refractivity contribution in [1.29, 1.82) is 0 Å². The Hall–Kier alpha value is -0.530. The van der Waals surface area contributed by atoms with E-state index < -0.39 is 0 Å². The Labute approximate surface area is 96.6 Å². The van der Waals surface area contributed by atoms with Gasteiger partial charge >= 0.3 is 0 Å². The molecule has 0 bridgehead atoms. The Morgan fingerprint density at radius 2 is 2.00 bits per heavy atom. The van der Waals surface area contributed by atoms with E-state index in [0.717, 1.165) is 24.4 Å². The van der Waals surface area contributed by atoms with Crippen molar-refractivity contribution in [3.05, 3.63) is 41.3 Å². The van der Waals surface area contributed by atoms with Crippen LogP contribution in [0.15, 0.2) is 24.3 Å². The average molecular weight is 223 g/mol. The van der Waals surface area contributed by atoms with Crippen LogP contribution >= 0.6 is 11.6 Å². The molecule has 15 heavy (non-hydrogen) atoms. The molecule has 1 aliphatic rings. The summed E-state index contributed by atoms with van der Waals surface area (Å²) in [5.74, 6) is 0. The third-order valence-corrected chi connectivity index (χ3v) is 3.72. The van der Waals surface area contributed by atoms with E-state index in [1.165, 1.54) is 18.4 Å². The van der Waals surface area contributed by atoms with Crippen molar-refractivity contribution in [2.24, 2.45) is 5.73 Å². The van der Waals surface area contributed by atoms with Gasteiger partial charge in [-0.1, -0.05) is 23.7 Å². The fourth-order valence-corrected chi connectivity index (χ4v) is 2.65. The Morgan fingerprint density at radius 1 is 1.27 bits per heavy atom. The lowest BCUT2D eigenvalue weighted by atomic mass is 9.69. The van der Waals surface area contributed by atoms with E-state index in [4.69, 9.17) is 17.3 Å². The average Bonchev–Trinajstić information content (AvgIpc) is 2.30. The first-order valence-corrected chi connectivity index (χ1v) is 5.92. The van der Waals surface area contributed by atoms with Gasteiger partial charge in [-0.05, 0) is 49.8 Å². The third kappa shape index (κ3) is 2.19. The monoisotopic (exact) mass is 222 g/mol. The standard InChI is InChI=1S/C13H17ClN/c14-12-6-4-5-11(9-12)13(10-15)7-2-1-3-8-13/h1,4-6,9H,2-3,7-8,10,15H2. The van der Waals surface area contributed by atoms with E-state index in [1.54, 1.807) is 0 Å². The van der Waals surface area contributed by atoms with Crippen molar-refractivity contribution in [2.45, 2.75) is 31.1 Å². The fraction of sp³-hybridized carbons (Fsp3) is 0.462. The molecule has 1 aromatic rings. The van der Waals surface area contributed by atoms with Crippen molar-refractivity contribution in [1.82, 2.24) is 0 Å². The van der Waals surface area contributed by atoms with Gasteiger partial charge in [0.25, 0.3) is 0 Å². The fourth-order valence-electron chi connectivity index (χ4n) is 2.46. The maximum absolute atomic E-state index is 6.03. The smallest absolute Gasteiger partial charge is 0.0408 e. The molecule has 1 nitrogen and oxygen atoms in total. The molecule has 1 radical (unpaired) electrons. The van der Waals surface area contributed by atoms with Gasteiger partial charge in [0.05, 0.1) is 0 Å². The normalized spacial score (nSPS) is 20.1. The summed E-state index contributed by atoms with van der Waals surface area (Å²) in [6.07, 6.45) is 7.01. The molecular formula is C13H17ClN. The molecule has 1 fully saturated rings. The first kappa shape index (κ1) is 11.0. The molecule has 1 aliphatic carbocycles. The highest BCUT2D eigenvalue weighted by Crippen LogP contribution is 2.38. The second kappa shape index (κ2) is 4.54. The van der Waals surface area contributed by atoms with Crippen LogP contribution in [0.2, 0.25) is 5.02 Å². The molecule has 1 aromatic carbocycles. The van der Waals surface area contributed by atoms with Gasteiger partial charge in [-0.2, -0.15) is 0 Å². The van der Waals surface area contributed by atoms with Crippen molar-refractivity contribution < 1.29 is 0 Å². The van der Waals surface area contributed by atoms with Crippen LogP contribution < -0.4 is 5.73 Å². The number of nitrogens with two attached hydrogens (primary N) is 1. The van der Waals surface area contributed by atoms with E-state index >= 15 is 0 Å².